The molecule has 2 aliphatic heterocycles. The fraction of sp³-hybridized carbons (Fsp3) is 1.00. The smallest absolute Gasteiger partial charge is 0.0221 e. The molecule has 2 atom stereocenters. The molecule has 2 N–H and O–H groups in total. The molecule has 2 aliphatic rings. The average molecular weight is 242 g/mol. The molecule has 2 fully saturated rings. The molecule has 94 valence electrons. The lowest BCUT2D eigenvalue weighted by atomic mass is 9.86. The minimum Gasteiger partial charge on any atom is -0.329 e. The number of hydrogen-bond donors (Lipinski definition) is 1. The fourth-order valence-corrected chi connectivity index (χ4v) is 4.57. The van der Waals surface area contributed by atoms with Crippen molar-refractivity contribution in [2.75, 3.05) is 24.6 Å². The van der Waals surface area contributed by atoms with E-state index in [9.17, 15) is 0 Å². The first-order valence-electron chi connectivity index (χ1n) is 6.66. The van der Waals surface area contributed by atoms with E-state index in [1.165, 1.54) is 43.7 Å². The minimum atomic E-state index is 0.518. The molecule has 2 saturated heterocycles. The van der Waals surface area contributed by atoms with Crippen molar-refractivity contribution < 1.29 is 0 Å². The lowest BCUT2D eigenvalue weighted by Gasteiger charge is -2.46. The Morgan fingerprint density at radius 2 is 2.19 bits per heavy atom. The van der Waals surface area contributed by atoms with Gasteiger partial charge in [0.15, 0.2) is 0 Å². The highest BCUT2D eigenvalue weighted by atomic mass is 32.2. The van der Waals surface area contributed by atoms with E-state index in [2.05, 4.69) is 30.5 Å². The van der Waals surface area contributed by atoms with Gasteiger partial charge in [0.05, 0.1) is 0 Å². The molecular formula is C13H26N2S. The van der Waals surface area contributed by atoms with Crippen molar-refractivity contribution in [1.82, 2.24) is 4.90 Å². The number of nitrogens with two attached hydrogens (primary N) is 1. The van der Waals surface area contributed by atoms with Crippen LogP contribution in [-0.4, -0.2) is 41.6 Å². The maximum absolute atomic E-state index is 5.92. The van der Waals surface area contributed by atoms with E-state index in [0.717, 1.165) is 12.6 Å². The van der Waals surface area contributed by atoms with Crippen molar-refractivity contribution in [2.45, 2.75) is 51.6 Å². The maximum atomic E-state index is 5.92. The van der Waals surface area contributed by atoms with Crippen LogP contribution in [0.2, 0.25) is 0 Å². The second-order valence-electron chi connectivity index (χ2n) is 6.16. The van der Waals surface area contributed by atoms with E-state index >= 15 is 0 Å². The largest absolute Gasteiger partial charge is 0.329 e. The summed E-state index contributed by atoms with van der Waals surface area (Å²) in [6, 6.07) is 1.44. The van der Waals surface area contributed by atoms with Crippen LogP contribution < -0.4 is 5.73 Å². The zero-order valence-corrected chi connectivity index (χ0v) is 11.6. The summed E-state index contributed by atoms with van der Waals surface area (Å²) in [7, 11) is 0. The SMILES string of the molecule is CC1(C)CSCC(N2CCCCC2CN)C1. The van der Waals surface area contributed by atoms with Gasteiger partial charge in [0.25, 0.3) is 0 Å². The molecule has 2 nitrogen and oxygen atoms in total. The fourth-order valence-electron chi connectivity index (χ4n) is 3.20. The molecule has 0 amide bonds. The zero-order chi connectivity index (χ0) is 11.6. The number of piperidine rings is 1. The third-order valence-electron chi connectivity index (χ3n) is 4.01. The predicted octanol–water partition coefficient (Wildman–Crippen LogP) is 2.33. The Hall–Kier alpha value is 0.270. The van der Waals surface area contributed by atoms with E-state index in [1.807, 2.05) is 0 Å². The van der Waals surface area contributed by atoms with Gasteiger partial charge in [-0.05, 0) is 37.0 Å². The lowest BCUT2D eigenvalue weighted by Crippen LogP contribution is -2.53. The number of nitrogens with zero attached hydrogens (tertiary/aromatic N) is 1. The summed E-state index contributed by atoms with van der Waals surface area (Å²) in [4.78, 5) is 2.72. The van der Waals surface area contributed by atoms with Crippen LogP contribution in [0, 0.1) is 5.41 Å². The Morgan fingerprint density at radius 1 is 1.38 bits per heavy atom. The van der Waals surface area contributed by atoms with E-state index in [0.29, 0.717) is 11.5 Å². The maximum Gasteiger partial charge on any atom is 0.0221 e. The summed E-state index contributed by atoms with van der Waals surface area (Å²) in [6.45, 7) is 6.95. The van der Waals surface area contributed by atoms with Gasteiger partial charge in [-0.1, -0.05) is 20.3 Å². The van der Waals surface area contributed by atoms with Gasteiger partial charge in [-0.2, -0.15) is 11.8 Å². The topological polar surface area (TPSA) is 29.3 Å². The van der Waals surface area contributed by atoms with E-state index in [4.69, 9.17) is 5.73 Å². The lowest BCUT2D eigenvalue weighted by molar-refractivity contribution is 0.0831. The van der Waals surface area contributed by atoms with Crippen molar-refractivity contribution in [1.29, 1.82) is 0 Å². The van der Waals surface area contributed by atoms with Crippen LogP contribution in [0.5, 0.6) is 0 Å². The van der Waals surface area contributed by atoms with Crippen LogP contribution in [0.4, 0.5) is 0 Å². The molecule has 0 aromatic heterocycles. The van der Waals surface area contributed by atoms with Crippen LogP contribution in [0.1, 0.15) is 39.5 Å². The molecule has 2 unspecified atom stereocenters. The highest BCUT2D eigenvalue weighted by Gasteiger charge is 2.35. The standard InChI is InChI=1S/C13H26N2S/c1-13(2)7-12(9-16-10-13)15-6-4-3-5-11(15)8-14/h11-12H,3-10,14H2,1-2H3. The van der Waals surface area contributed by atoms with E-state index < -0.39 is 0 Å². The predicted molar refractivity (Wildman–Crippen MR) is 72.9 cm³/mol. The molecule has 0 aromatic rings. The second-order valence-corrected chi connectivity index (χ2v) is 7.19. The number of likely N-dealkylation sites (tertiary alicyclic amines) is 1. The van der Waals surface area contributed by atoms with Crippen LogP contribution in [0.25, 0.3) is 0 Å². The first-order valence-corrected chi connectivity index (χ1v) is 7.81. The average Bonchev–Trinajstić information content (AvgIpc) is 2.27. The summed E-state index contributed by atoms with van der Waals surface area (Å²) in [6.07, 6.45) is 5.42. The zero-order valence-electron chi connectivity index (χ0n) is 10.7. The highest BCUT2D eigenvalue weighted by Crippen LogP contribution is 2.37. The Labute approximate surface area is 104 Å². The Bertz CT molecular complexity index is 230. The van der Waals surface area contributed by atoms with E-state index in [-0.39, 0.29) is 0 Å². The van der Waals surface area contributed by atoms with Crippen LogP contribution >= 0.6 is 11.8 Å². The second kappa shape index (κ2) is 5.28. The van der Waals surface area contributed by atoms with Crippen molar-refractivity contribution in [3.8, 4) is 0 Å². The molecule has 0 bridgehead atoms. The van der Waals surface area contributed by atoms with Crippen LogP contribution in [0.15, 0.2) is 0 Å². The van der Waals surface area contributed by atoms with Gasteiger partial charge in [-0.25, -0.2) is 0 Å². The van der Waals surface area contributed by atoms with Gasteiger partial charge < -0.3 is 5.73 Å². The third-order valence-corrected chi connectivity index (χ3v) is 5.61. The Morgan fingerprint density at radius 3 is 2.88 bits per heavy atom. The summed E-state index contributed by atoms with van der Waals surface area (Å²) >= 11 is 2.13. The van der Waals surface area contributed by atoms with Crippen LogP contribution in [-0.2, 0) is 0 Å². The number of thioether (sulfide) groups is 1. The number of rotatable bonds is 2. The molecule has 0 spiro atoms. The summed E-state index contributed by atoms with van der Waals surface area (Å²) in [5.41, 5.74) is 6.44. The van der Waals surface area contributed by atoms with Crippen molar-refractivity contribution >= 4 is 11.8 Å². The first-order chi connectivity index (χ1) is 7.62. The molecule has 0 aromatic carbocycles. The Balaban J connectivity index is 1.99. The van der Waals surface area contributed by atoms with Gasteiger partial charge in [-0.3, -0.25) is 4.90 Å². The van der Waals surface area contributed by atoms with Gasteiger partial charge in [0, 0.05) is 24.4 Å². The first kappa shape index (κ1) is 12.7. The monoisotopic (exact) mass is 242 g/mol. The highest BCUT2D eigenvalue weighted by molar-refractivity contribution is 7.99. The third kappa shape index (κ3) is 2.93. The van der Waals surface area contributed by atoms with Gasteiger partial charge in [0.1, 0.15) is 0 Å². The molecule has 3 heteroatoms. The van der Waals surface area contributed by atoms with E-state index in [1.54, 1.807) is 0 Å². The molecule has 2 heterocycles. The van der Waals surface area contributed by atoms with Crippen molar-refractivity contribution in [2.24, 2.45) is 11.1 Å². The minimum absolute atomic E-state index is 0.518. The number of hydrogen-bond acceptors (Lipinski definition) is 3. The van der Waals surface area contributed by atoms with Gasteiger partial charge in [-0.15, -0.1) is 0 Å². The molecule has 0 radical (unpaired) electrons. The molecule has 0 aliphatic carbocycles. The van der Waals surface area contributed by atoms with Gasteiger partial charge >= 0.3 is 0 Å². The van der Waals surface area contributed by atoms with Crippen molar-refractivity contribution in [3.63, 3.8) is 0 Å². The molecule has 16 heavy (non-hydrogen) atoms. The summed E-state index contributed by atoms with van der Waals surface area (Å²) in [5.74, 6) is 2.64. The van der Waals surface area contributed by atoms with Crippen molar-refractivity contribution in [3.05, 3.63) is 0 Å². The molecular weight excluding hydrogens is 216 g/mol. The van der Waals surface area contributed by atoms with Gasteiger partial charge in [0.2, 0.25) is 0 Å². The molecule has 0 saturated carbocycles. The normalized spacial score (nSPS) is 36.2. The quantitative estimate of drug-likeness (QED) is 0.806. The summed E-state index contributed by atoms with van der Waals surface area (Å²) in [5, 5.41) is 0. The Kier molecular flexibility index (Phi) is 4.20. The molecule has 2 rings (SSSR count). The van der Waals surface area contributed by atoms with Crippen LogP contribution in [0.3, 0.4) is 0 Å². The summed E-state index contributed by atoms with van der Waals surface area (Å²) < 4.78 is 0.